The second-order valence-corrected chi connectivity index (χ2v) is 13.1. The van der Waals surface area contributed by atoms with E-state index in [4.69, 9.17) is 30.5 Å². The zero-order valence-corrected chi connectivity index (χ0v) is 24.3. The molecule has 228 valence electrons. The molecule has 0 aliphatic carbocycles. The Bertz CT molecular complexity index is 1180. The second-order valence-electron chi connectivity index (χ2n) is 9.67. The summed E-state index contributed by atoms with van der Waals surface area (Å²) in [5.41, 5.74) is -5.10. The van der Waals surface area contributed by atoms with Crippen LogP contribution in [0.5, 0.6) is 0 Å². The van der Waals surface area contributed by atoms with Gasteiger partial charge in [-0.15, -0.1) is 0 Å². The fourth-order valence-corrected chi connectivity index (χ4v) is 6.52. The molecule has 40 heavy (non-hydrogen) atoms. The summed E-state index contributed by atoms with van der Waals surface area (Å²) in [6.45, 7) is 3.94. The largest absolute Gasteiger partial charge is 0.462 e. The van der Waals surface area contributed by atoms with Crippen molar-refractivity contribution in [3.8, 4) is 0 Å². The van der Waals surface area contributed by atoms with Crippen LogP contribution >= 0.6 is 6.57 Å². The van der Waals surface area contributed by atoms with Gasteiger partial charge in [0.25, 0.3) is 12.0 Å². The number of halogens is 3. The predicted octanol–water partition coefficient (Wildman–Crippen LogP) is 0.869. The normalized spacial score (nSPS) is 24.9. The van der Waals surface area contributed by atoms with Gasteiger partial charge in [0, 0.05) is 12.3 Å². The van der Waals surface area contributed by atoms with Crippen LogP contribution in [-0.4, -0.2) is 81.8 Å². The number of aromatic amines is 1. The van der Waals surface area contributed by atoms with E-state index in [0.717, 1.165) is 12.3 Å². The highest BCUT2D eigenvalue weighted by atomic mass is 32.4. The van der Waals surface area contributed by atoms with Crippen LogP contribution in [-0.2, 0) is 40.1 Å². The molecule has 0 aromatic carbocycles. The third-order valence-corrected chi connectivity index (χ3v) is 8.40. The Morgan fingerprint density at radius 1 is 1.12 bits per heavy atom. The van der Waals surface area contributed by atoms with Gasteiger partial charge in [0.05, 0.1) is 18.8 Å². The number of ether oxygens (including phenoxy) is 3. The second kappa shape index (κ2) is 13.7. The van der Waals surface area contributed by atoms with Crippen LogP contribution in [0.4, 0.5) is 13.2 Å². The van der Waals surface area contributed by atoms with Gasteiger partial charge < -0.3 is 23.8 Å². The van der Waals surface area contributed by atoms with Crippen LogP contribution in [0.15, 0.2) is 21.9 Å². The van der Waals surface area contributed by atoms with E-state index in [1.807, 2.05) is 4.98 Å². The number of rotatable bonds is 13. The molecule has 1 aromatic rings. The van der Waals surface area contributed by atoms with E-state index in [-0.39, 0.29) is 0 Å². The van der Waals surface area contributed by atoms with Gasteiger partial charge in [-0.1, -0.05) is 0 Å². The van der Waals surface area contributed by atoms with Crippen molar-refractivity contribution < 1.29 is 46.6 Å². The van der Waals surface area contributed by atoms with Gasteiger partial charge in [0.2, 0.25) is 0 Å². The van der Waals surface area contributed by atoms with Gasteiger partial charge in [-0.3, -0.25) is 23.9 Å². The smallest absolute Gasteiger partial charge is 0.330 e. The Balaban J connectivity index is 2.39. The molecule has 2 heterocycles. The molecule has 0 spiro atoms. The number of carbonyl (C=O) groups is 2. The first kappa shape index (κ1) is 34.1. The van der Waals surface area contributed by atoms with Gasteiger partial charge >= 0.3 is 17.6 Å². The quantitative estimate of drug-likeness (QED) is 0.182. The number of nitrogens with one attached hydrogen (secondary N) is 3. The van der Waals surface area contributed by atoms with E-state index in [9.17, 15) is 33.1 Å². The van der Waals surface area contributed by atoms with Crippen molar-refractivity contribution in [2.45, 2.75) is 96.4 Å². The summed E-state index contributed by atoms with van der Waals surface area (Å²) in [5.74, 6) is -1.55. The van der Waals surface area contributed by atoms with E-state index in [0.29, 0.717) is 4.57 Å². The van der Waals surface area contributed by atoms with Crippen LogP contribution in [0, 0.1) is 0 Å². The molecule has 0 radical (unpaired) electrons. The monoisotopic (exact) mass is 618 g/mol. The Morgan fingerprint density at radius 3 is 2.05 bits per heavy atom. The van der Waals surface area contributed by atoms with Gasteiger partial charge in [-0.05, 0) is 53.3 Å². The first-order chi connectivity index (χ1) is 18.4. The minimum atomic E-state index is -3.86. The molecule has 0 amide bonds. The molecule has 6 atom stereocenters. The van der Waals surface area contributed by atoms with E-state index in [1.54, 1.807) is 27.7 Å². The summed E-state index contributed by atoms with van der Waals surface area (Å²) in [5, 5.41) is 15.7. The number of H-pyrrole nitrogens is 1. The van der Waals surface area contributed by atoms with Gasteiger partial charge in [-0.25, -0.2) is 28.1 Å². The average Bonchev–Trinajstić information content (AvgIpc) is 3.08. The maximum atomic E-state index is 15.3. The van der Waals surface area contributed by atoms with Gasteiger partial charge in [-0.2, -0.15) is 0 Å². The maximum Gasteiger partial charge on any atom is 0.330 e. The van der Waals surface area contributed by atoms with Crippen molar-refractivity contribution >= 4 is 30.3 Å². The Labute approximate surface area is 232 Å². The van der Waals surface area contributed by atoms with Crippen LogP contribution < -0.4 is 21.4 Å². The molecule has 0 unspecified atom stereocenters. The minimum absolute atomic E-state index is 0.500. The molecule has 13 nitrogen and oxygen atoms in total. The lowest BCUT2D eigenvalue weighted by atomic mass is 9.98. The number of carbonyl (C=O) groups excluding carboxylic acids is 2. The number of aromatic nitrogens is 2. The SMILES string of the molecule is CC(C)OC(=O)[C@H](C)NP(=S)(N[C@@H](C)C(=O)OC(C)C)OC[C@@]1(C(F)F)O[C@@H](n2ccc(=O)[nH]c2=O)[C@H](O)[C@H]1F. The highest BCUT2D eigenvalue weighted by Gasteiger charge is 2.62. The first-order valence-electron chi connectivity index (χ1n) is 12.2. The van der Waals surface area contributed by atoms with Crippen LogP contribution in [0.3, 0.4) is 0 Å². The molecule has 4 N–H and O–H groups in total. The summed E-state index contributed by atoms with van der Waals surface area (Å²) >= 11 is 5.49. The molecule has 2 rings (SSSR count). The number of aliphatic hydroxyl groups excluding tert-OH is 1. The van der Waals surface area contributed by atoms with E-state index in [1.165, 1.54) is 13.8 Å². The highest BCUT2D eigenvalue weighted by Crippen LogP contribution is 2.47. The highest BCUT2D eigenvalue weighted by molar-refractivity contribution is 8.10. The lowest BCUT2D eigenvalue weighted by Crippen LogP contribution is -2.52. The molecule has 1 aromatic heterocycles. The Hall–Kier alpha value is -2.14. The van der Waals surface area contributed by atoms with Crippen molar-refractivity contribution in [3.63, 3.8) is 0 Å². The molecule has 1 saturated heterocycles. The number of nitrogens with zero attached hydrogens (tertiary/aromatic N) is 1. The molecule has 0 saturated carbocycles. The number of hydrogen-bond acceptors (Lipinski definition) is 10. The lowest BCUT2D eigenvalue weighted by Gasteiger charge is -2.35. The summed E-state index contributed by atoms with van der Waals surface area (Å²) in [4.78, 5) is 50.2. The third-order valence-electron chi connectivity index (χ3n) is 5.50. The van der Waals surface area contributed by atoms with Gasteiger partial charge in [0.1, 0.15) is 18.2 Å². The van der Waals surface area contributed by atoms with E-state index >= 15 is 4.39 Å². The number of aliphatic hydroxyl groups is 1. The van der Waals surface area contributed by atoms with Crippen molar-refractivity contribution in [2.24, 2.45) is 0 Å². The number of hydrogen-bond donors (Lipinski definition) is 4. The molecule has 0 bridgehead atoms. The van der Waals surface area contributed by atoms with Crippen molar-refractivity contribution in [3.05, 3.63) is 33.1 Å². The predicted molar refractivity (Wildman–Crippen MR) is 139 cm³/mol. The average molecular weight is 619 g/mol. The fourth-order valence-electron chi connectivity index (χ4n) is 3.58. The van der Waals surface area contributed by atoms with Crippen molar-refractivity contribution in [1.29, 1.82) is 0 Å². The maximum absolute atomic E-state index is 15.3. The van der Waals surface area contributed by atoms with Crippen molar-refractivity contribution in [2.75, 3.05) is 6.61 Å². The molecule has 1 aliphatic rings. The number of alkyl halides is 3. The summed E-state index contributed by atoms with van der Waals surface area (Å²) in [6.07, 6.45) is -10.8. The molecular formula is C22H34F3N4O9PS. The fraction of sp³-hybridized carbons (Fsp3) is 0.727. The summed E-state index contributed by atoms with van der Waals surface area (Å²) < 4.78 is 65.7. The van der Waals surface area contributed by atoms with Crippen LogP contribution in [0.2, 0.25) is 0 Å². The zero-order chi connectivity index (χ0) is 30.6. The molecule has 18 heteroatoms. The van der Waals surface area contributed by atoms with Gasteiger partial charge in [0.15, 0.2) is 24.6 Å². The van der Waals surface area contributed by atoms with Crippen molar-refractivity contribution in [1.82, 2.24) is 19.7 Å². The molecular weight excluding hydrogens is 584 g/mol. The first-order valence-corrected chi connectivity index (χ1v) is 14.9. The molecule has 1 aliphatic heterocycles. The standard InChI is InChI=1S/C22H34F3N4O9PS/c1-10(2)36-18(32)12(5)27-39(40,28-13(6)19(33)37-11(3)4)35-9-22(20(24)25)16(23)15(31)17(38-22)29-8-7-14(30)26-21(29)34/h7-8,10-13,15-17,20,31H,9H2,1-6H3,(H,26,30,34)(H2,27,28,40)/t12-,13-,15+,16+,17+,22+/m0/s1. The third kappa shape index (κ3) is 8.21. The van der Waals surface area contributed by atoms with Crippen LogP contribution in [0.1, 0.15) is 47.8 Å². The summed E-state index contributed by atoms with van der Waals surface area (Å²) in [6, 6.07) is -1.48. The Morgan fingerprint density at radius 2 is 1.62 bits per heavy atom. The van der Waals surface area contributed by atoms with Crippen LogP contribution in [0.25, 0.3) is 0 Å². The Kier molecular flexibility index (Phi) is 11.7. The summed E-state index contributed by atoms with van der Waals surface area (Å²) in [7, 11) is 0. The topological polar surface area (TPSA) is 170 Å². The molecule has 1 fully saturated rings. The number of esters is 2. The lowest BCUT2D eigenvalue weighted by molar-refractivity contribution is -0.182. The van der Waals surface area contributed by atoms with E-state index < -0.39 is 91.2 Å². The zero-order valence-electron chi connectivity index (χ0n) is 22.6. The van der Waals surface area contributed by atoms with E-state index in [2.05, 4.69) is 10.2 Å². The minimum Gasteiger partial charge on any atom is -0.462 e.